The fourth-order valence-corrected chi connectivity index (χ4v) is 1.95. The first kappa shape index (κ1) is 12.4. The smallest absolute Gasteiger partial charge is 0.331 e. The van der Waals surface area contributed by atoms with Crippen LogP contribution < -0.4 is 4.90 Å². The number of aliphatic imine (C=N–C) groups is 1. The number of hydrogen-bond donors (Lipinski definition) is 2. The Morgan fingerprint density at radius 1 is 1.28 bits per heavy atom. The molecule has 1 aromatic rings. The number of halogens is 1. The number of benzene rings is 1. The van der Waals surface area contributed by atoms with Gasteiger partial charge in [-0.1, -0.05) is 17.7 Å². The zero-order valence-corrected chi connectivity index (χ0v) is 9.78. The predicted octanol–water partition coefficient (Wildman–Crippen LogP) is 1.09. The summed E-state index contributed by atoms with van der Waals surface area (Å²) < 4.78 is 0. The summed E-state index contributed by atoms with van der Waals surface area (Å²) in [6.45, 7) is 0. The van der Waals surface area contributed by atoms with Crippen LogP contribution in [0.4, 0.5) is 5.69 Å². The van der Waals surface area contributed by atoms with E-state index < -0.39 is 24.0 Å². The molecule has 2 unspecified atom stereocenters. The van der Waals surface area contributed by atoms with Crippen LogP contribution in [0.1, 0.15) is 0 Å². The lowest BCUT2D eigenvalue weighted by Crippen LogP contribution is -2.46. The first-order valence-corrected chi connectivity index (χ1v) is 5.41. The second kappa shape index (κ2) is 4.66. The molecule has 2 rings (SSSR count). The average Bonchev–Trinajstić information content (AvgIpc) is 2.73. The van der Waals surface area contributed by atoms with E-state index in [0.29, 0.717) is 10.7 Å². The molecule has 0 bridgehead atoms. The summed E-state index contributed by atoms with van der Waals surface area (Å²) in [5.74, 6) is -2.52. The number of aliphatic carboxylic acids is 2. The van der Waals surface area contributed by atoms with Gasteiger partial charge in [-0.2, -0.15) is 0 Å². The van der Waals surface area contributed by atoms with Gasteiger partial charge in [0.25, 0.3) is 0 Å². The molecule has 2 N–H and O–H groups in total. The highest BCUT2D eigenvalue weighted by atomic mass is 35.5. The fourth-order valence-electron chi connectivity index (χ4n) is 1.77. The van der Waals surface area contributed by atoms with E-state index in [2.05, 4.69) is 4.99 Å². The molecule has 0 saturated heterocycles. The maximum Gasteiger partial charge on any atom is 0.331 e. The normalized spacial score (nSPS) is 22.2. The Balaban J connectivity index is 2.37. The van der Waals surface area contributed by atoms with Crippen LogP contribution in [0.5, 0.6) is 0 Å². The Morgan fingerprint density at radius 3 is 2.56 bits per heavy atom. The van der Waals surface area contributed by atoms with Crippen LogP contribution in [0.25, 0.3) is 0 Å². The number of carboxylic acid groups (broad SMARTS) is 2. The summed E-state index contributed by atoms with van der Waals surface area (Å²) in [7, 11) is 0. The van der Waals surface area contributed by atoms with Crippen molar-refractivity contribution in [3.05, 3.63) is 29.3 Å². The molecule has 0 aromatic heterocycles. The standard InChI is InChI=1S/C11H9ClN2O4/c12-6-2-1-3-7(4-6)14-5-13-8(10(15)16)9(14)11(17)18/h1-5,8-9H,(H,15,16)(H,17,18). The summed E-state index contributed by atoms with van der Waals surface area (Å²) >= 11 is 5.81. The molecule has 0 spiro atoms. The largest absolute Gasteiger partial charge is 0.480 e. The van der Waals surface area contributed by atoms with Crippen molar-refractivity contribution in [2.24, 2.45) is 4.99 Å². The molecule has 2 atom stereocenters. The van der Waals surface area contributed by atoms with Gasteiger partial charge in [0.15, 0.2) is 12.1 Å². The predicted molar refractivity (Wildman–Crippen MR) is 65.3 cm³/mol. The Labute approximate surface area is 107 Å². The van der Waals surface area contributed by atoms with Crippen LogP contribution in [0.2, 0.25) is 5.02 Å². The highest BCUT2D eigenvalue weighted by molar-refractivity contribution is 6.30. The number of anilines is 1. The van der Waals surface area contributed by atoms with Crippen LogP contribution in [-0.2, 0) is 9.59 Å². The third kappa shape index (κ3) is 2.14. The second-order valence-electron chi connectivity index (χ2n) is 3.72. The summed E-state index contributed by atoms with van der Waals surface area (Å²) in [6, 6.07) is 3.90. The zero-order valence-electron chi connectivity index (χ0n) is 9.02. The minimum absolute atomic E-state index is 0.434. The van der Waals surface area contributed by atoms with Crippen molar-refractivity contribution >= 4 is 35.6 Å². The fraction of sp³-hybridized carbons (Fsp3) is 0.182. The van der Waals surface area contributed by atoms with Gasteiger partial charge in [0.2, 0.25) is 0 Å². The highest BCUT2D eigenvalue weighted by Crippen LogP contribution is 2.25. The minimum atomic E-state index is -1.32. The molecule has 0 radical (unpaired) electrons. The lowest BCUT2D eigenvalue weighted by Gasteiger charge is -2.22. The molecular formula is C11H9ClN2O4. The number of carboxylic acids is 2. The van der Waals surface area contributed by atoms with Crippen molar-refractivity contribution in [2.45, 2.75) is 12.1 Å². The molecule has 1 aliphatic rings. The van der Waals surface area contributed by atoms with Gasteiger partial charge in [-0.25, -0.2) is 9.59 Å². The molecule has 0 amide bonds. The van der Waals surface area contributed by atoms with Crippen molar-refractivity contribution in [2.75, 3.05) is 4.90 Å². The van der Waals surface area contributed by atoms with Gasteiger partial charge in [0.1, 0.15) is 0 Å². The van der Waals surface area contributed by atoms with Gasteiger partial charge < -0.3 is 15.1 Å². The third-order valence-electron chi connectivity index (χ3n) is 2.56. The lowest BCUT2D eigenvalue weighted by molar-refractivity contribution is -0.145. The summed E-state index contributed by atoms with van der Waals surface area (Å²) in [5.41, 5.74) is 0.488. The molecule has 7 heteroatoms. The lowest BCUT2D eigenvalue weighted by atomic mass is 10.1. The van der Waals surface area contributed by atoms with Gasteiger partial charge in [-0.05, 0) is 18.2 Å². The maximum absolute atomic E-state index is 11.2. The van der Waals surface area contributed by atoms with Gasteiger partial charge in [0, 0.05) is 10.7 Å². The maximum atomic E-state index is 11.2. The van der Waals surface area contributed by atoms with Crippen LogP contribution >= 0.6 is 11.6 Å². The van der Waals surface area contributed by atoms with Crippen LogP contribution in [0, 0.1) is 0 Å². The molecule has 0 fully saturated rings. The second-order valence-corrected chi connectivity index (χ2v) is 4.15. The van der Waals surface area contributed by atoms with E-state index in [4.69, 9.17) is 21.8 Å². The minimum Gasteiger partial charge on any atom is -0.480 e. The van der Waals surface area contributed by atoms with E-state index in [1.807, 2.05) is 0 Å². The zero-order chi connectivity index (χ0) is 13.3. The topological polar surface area (TPSA) is 90.2 Å². The van der Waals surface area contributed by atoms with Crippen LogP contribution in [0.3, 0.4) is 0 Å². The first-order valence-electron chi connectivity index (χ1n) is 5.03. The number of carbonyl (C=O) groups is 2. The highest BCUT2D eigenvalue weighted by Gasteiger charge is 2.41. The monoisotopic (exact) mass is 268 g/mol. The van der Waals surface area contributed by atoms with Crippen molar-refractivity contribution in [3.8, 4) is 0 Å². The van der Waals surface area contributed by atoms with Crippen molar-refractivity contribution in [3.63, 3.8) is 0 Å². The Morgan fingerprint density at radius 2 is 2.00 bits per heavy atom. The van der Waals surface area contributed by atoms with Crippen molar-refractivity contribution in [1.29, 1.82) is 0 Å². The van der Waals surface area contributed by atoms with Crippen LogP contribution in [-0.4, -0.2) is 40.6 Å². The number of rotatable bonds is 3. The van der Waals surface area contributed by atoms with Crippen molar-refractivity contribution < 1.29 is 19.8 Å². The van der Waals surface area contributed by atoms with E-state index in [1.165, 1.54) is 11.2 Å². The molecule has 1 heterocycles. The summed E-state index contributed by atoms with van der Waals surface area (Å²) in [5, 5.41) is 18.5. The number of hydrogen-bond acceptors (Lipinski definition) is 4. The average molecular weight is 269 g/mol. The van der Waals surface area contributed by atoms with Crippen molar-refractivity contribution in [1.82, 2.24) is 0 Å². The van der Waals surface area contributed by atoms with E-state index in [1.54, 1.807) is 24.3 Å². The summed E-state index contributed by atoms with van der Waals surface area (Å²) in [4.78, 5) is 27.1. The SMILES string of the molecule is O=C(O)C1N=CN(c2cccc(Cl)c2)C1C(=O)O. The van der Waals surface area contributed by atoms with Gasteiger partial charge in [-0.3, -0.25) is 4.99 Å². The van der Waals surface area contributed by atoms with Crippen LogP contribution in [0.15, 0.2) is 29.3 Å². The van der Waals surface area contributed by atoms with E-state index in [0.717, 1.165) is 0 Å². The molecular weight excluding hydrogens is 260 g/mol. The van der Waals surface area contributed by atoms with E-state index >= 15 is 0 Å². The van der Waals surface area contributed by atoms with Gasteiger partial charge in [0.05, 0.1) is 6.34 Å². The Hall–Kier alpha value is -2.08. The molecule has 94 valence electrons. The third-order valence-corrected chi connectivity index (χ3v) is 2.80. The molecule has 0 saturated carbocycles. The molecule has 0 aliphatic carbocycles. The van der Waals surface area contributed by atoms with Gasteiger partial charge >= 0.3 is 11.9 Å². The quantitative estimate of drug-likeness (QED) is 0.856. The Bertz CT molecular complexity index is 532. The number of nitrogens with zero attached hydrogens (tertiary/aromatic N) is 2. The van der Waals surface area contributed by atoms with E-state index in [-0.39, 0.29) is 0 Å². The molecule has 6 nitrogen and oxygen atoms in total. The molecule has 18 heavy (non-hydrogen) atoms. The molecule has 1 aliphatic heterocycles. The van der Waals surface area contributed by atoms with E-state index in [9.17, 15) is 9.59 Å². The first-order chi connectivity index (χ1) is 8.50. The Kier molecular flexibility index (Phi) is 3.20. The molecule has 1 aromatic carbocycles. The van der Waals surface area contributed by atoms with Gasteiger partial charge in [-0.15, -0.1) is 0 Å². The summed E-state index contributed by atoms with van der Waals surface area (Å²) in [6.07, 6.45) is 1.21.